The molecule has 2 aromatic rings. The SMILES string of the molecule is NC12CC(c3nsc(-c4ccccc4)n3)(C1)C2. The molecule has 0 radical (unpaired) electrons. The Morgan fingerprint density at radius 2 is 1.82 bits per heavy atom. The van der Waals surface area contributed by atoms with E-state index in [2.05, 4.69) is 16.5 Å². The van der Waals surface area contributed by atoms with Gasteiger partial charge in [-0.1, -0.05) is 30.3 Å². The molecule has 5 rings (SSSR count). The van der Waals surface area contributed by atoms with Crippen LogP contribution in [-0.4, -0.2) is 14.9 Å². The number of hydrogen-bond acceptors (Lipinski definition) is 4. The average molecular weight is 243 g/mol. The molecule has 0 aliphatic heterocycles. The molecule has 1 heterocycles. The van der Waals surface area contributed by atoms with Crippen LogP contribution in [0.5, 0.6) is 0 Å². The first-order valence-electron chi connectivity index (χ1n) is 5.88. The first kappa shape index (κ1) is 9.74. The Bertz CT molecular complexity index is 556. The average Bonchev–Trinajstić information content (AvgIpc) is 2.74. The normalized spacial score (nSPS) is 33.9. The maximum Gasteiger partial charge on any atom is 0.149 e. The van der Waals surface area contributed by atoms with Crippen LogP contribution in [0, 0.1) is 0 Å². The zero-order valence-corrected chi connectivity index (χ0v) is 10.2. The summed E-state index contributed by atoms with van der Waals surface area (Å²) in [6, 6.07) is 10.2. The van der Waals surface area contributed by atoms with Gasteiger partial charge in [-0.25, -0.2) is 4.98 Å². The van der Waals surface area contributed by atoms with Gasteiger partial charge in [0.15, 0.2) is 0 Å². The van der Waals surface area contributed by atoms with Crippen molar-refractivity contribution < 1.29 is 0 Å². The summed E-state index contributed by atoms with van der Waals surface area (Å²) >= 11 is 1.50. The molecule has 0 spiro atoms. The molecule has 86 valence electrons. The van der Waals surface area contributed by atoms with Gasteiger partial charge in [0.05, 0.1) is 0 Å². The Balaban J connectivity index is 1.67. The second-order valence-electron chi connectivity index (χ2n) is 5.46. The number of nitrogens with two attached hydrogens (primary N) is 1. The smallest absolute Gasteiger partial charge is 0.149 e. The summed E-state index contributed by atoms with van der Waals surface area (Å²) in [7, 11) is 0. The highest BCUT2D eigenvalue weighted by Gasteiger charge is 2.68. The van der Waals surface area contributed by atoms with Crippen LogP contribution >= 0.6 is 11.5 Å². The Labute approximate surface area is 104 Å². The molecule has 4 heteroatoms. The molecule has 3 saturated carbocycles. The molecule has 0 amide bonds. The number of hydrogen-bond donors (Lipinski definition) is 1. The minimum absolute atomic E-state index is 0.123. The zero-order chi connectivity index (χ0) is 11.5. The Hall–Kier alpha value is -1.26. The van der Waals surface area contributed by atoms with Crippen LogP contribution in [0.1, 0.15) is 25.1 Å². The predicted octanol–water partition coefficient (Wildman–Crippen LogP) is 2.34. The molecule has 0 saturated heterocycles. The number of aromatic nitrogens is 2. The zero-order valence-electron chi connectivity index (χ0n) is 9.39. The Kier molecular flexibility index (Phi) is 1.69. The minimum atomic E-state index is 0.123. The Morgan fingerprint density at radius 1 is 1.12 bits per heavy atom. The fourth-order valence-electron chi connectivity index (χ4n) is 3.24. The lowest BCUT2D eigenvalue weighted by molar-refractivity contribution is -0.0644. The van der Waals surface area contributed by atoms with Gasteiger partial charge in [-0.2, -0.15) is 4.37 Å². The summed E-state index contributed by atoms with van der Waals surface area (Å²) < 4.78 is 4.53. The van der Waals surface area contributed by atoms with Crippen molar-refractivity contribution in [2.75, 3.05) is 0 Å². The van der Waals surface area contributed by atoms with Crippen molar-refractivity contribution >= 4 is 11.5 Å². The summed E-state index contributed by atoms with van der Waals surface area (Å²) in [5.74, 6) is 1.02. The van der Waals surface area contributed by atoms with Crippen LogP contribution in [0.25, 0.3) is 10.6 Å². The van der Waals surface area contributed by atoms with E-state index in [0.717, 1.165) is 35.7 Å². The lowest BCUT2D eigenvalue weighted by Gasteiger charge is -2.67. The largest absolute Gasteiger partial charge is 0.325 e. The predicted molar refractivity (Wildman–Crippen MR) is 67.8 cm³/mol. The van der Waals surface area contributed by atoms with E-state index in [1.54, 1.807) is 0 Å². The van der Waals surface area contributed by atoms with Crippen molar-refractivity contribution in [3.05, 3.63) is 36.2 Å². The van der Waals surface area contributed by atoms with Gasteiger partial charge < -0.3 is 5.73 Å². The fraction of sp³-hybridized carbons (Fsp3) is 0.385. The van der Waals surface area contributed by atoms with Gasteiger partial charge >= 0.3 is 0 Å². The second-order valence-corrected chi connectivity index (χ2v) is 6.21. The molecular formula is C13H13N3S. The number of nitrogens with zero attached hydrogens (tertiary/aromatic N) is 2. The maximum atomic E-state index is 6.08. The van der Waals surface area contributed by atoms with E-state index in [1.165, 1.54) is 11.5 Å². The molecule has 3 nitrogen and oxygen atoms in total. The number of benzene rings is 1. The summed E-state index contributed by atoms with van der Waals surface area (Å²) in [6.07, 6.45) is 3.22. The molecule has 3 aliphatic carbocycles. The van der Waals surface area contributed by atoms with Crippen LogP contribution in [0.3, 0.4) is 0 Å². The molecule has 1 aromatic heterocycles. The highest BCUT2D eigenvalue weighted by molar-refractivity contribution is 7.09. The van der Waals surface area contributed by atoms with Gasteiger partial charge in [0.25, 0.3) is 0 Å². The Morgan fingerprint density at radius 3 is 2.47 bits per heavy atom. The van der Waals surface area contributed by atoms with E-state index < -0.39 is 0 Å². The highest BCUT2D eigenvalue weighted by atomic mass is 32.1. The van der Waals surface area contributed by atoms with E-state index in [-0.39, 0.29) is 11.0 Å². The number of rotatable bonds is 2. The topological polar surface area (TPSA) is 51.8 Å². The maximum absolute atomic E-state index is 6.08. The van der Waals surface area contributed by atoms with Crippen LogP contribution in [-0.2, 0) is 5.41 Å². The van der Waals surface area contributed by atoms with Crippen LogP contribution in [0.4, 0.5) is 0 Å². The van der Waals surface area contributed by atoms with Gasteiger partial charge in [0.1, 0.15) is 10.8 Å². The summed E-state index contributed by atoms with van der Waals surface area (Å²) in [4.78, 5) is 4.70. The van der Waals surface area contributed by atoms with Gasteiger partial charge in [-0.05, 0) is 30.8 Å². The minimum Gasteiger partial charge on any atom is -0.325 e. The van der Waals surface area contributed by atoms with Gasteiger partial charge in [-0.3, -0.25) is 0 Å². The first-order valence-corrected chi connectivity index (χ1v) is 6.65. The standard InChI is InChI=1S/C13H13N3S/c14-13-6-12(7-13,8-13)11-15-10(17-16-11)9-4-2-1-3-5-9/h1-5H,6-8,14H2. The quantitative estimate of drug-likeness (QED) is 0.880. The molecule has 3 fully saturated rings. The van der Waals surface area contributed by atoms with Gasteiger partial charge in [0, 0.05) is 16.5 Å². The molecular weight excluding hydrogens is 230 g/mol. The molecule has 0 atom stereocenters. The molecule has 2 N–H and O–H groups in total. The molecule has 3 aliphatic rings. The highest BCUT2D eigenvalue weighted by Crippen LogP contribution is 2.65. The lowest BCUT2D eigenvalue weighted by Crippen LogP contribution is -2.74. The van der Waals surface area contributed by atoms with Crippen LogP contribution in [0.2, 0.25) is 0 Å². The second kappa shape index (κ2) is 2.94. The van der Waals surface area contributed by atoms with Crippen molar-refractivity contribution in [1.82, 2.24) is 9.36 Å². The van der Waals surface area contributed by atoms with Crippen LogP contribution in [0.15, 0.2) is 30.3 Å². The monoisotopic (exact) mass is 243 g/mol. The summed E-state index contributed by atoms with van der Waals surface area (Å²) in [5.41, 5.74) is 7.59. The van der Waals surface area contributed by atoms with E-state index in [4.69, 9.17) is 10.7 Å². The van der Waals surface area contributed by atoms with E-state index in [0.29, 0.717) is 0 Å². The van der Waals surface area contributed by atoms with E-state index >= 15 is 0 Å². The molecule has 1 aromatic carbocycles. The summed E-state index contributed by atoms with van der Waals surface area (Å²) in [6.45, 7) is 0. The fourth-order valence-corrected chi connectivity index (χ4v) is 4.02. The van der Waals surface area contributed by atoms with Crippen molar-refractivity contribution in [2.24, 2.45) is 5.73 Å². The van der Waals surface area contributed by atoms with Gasteiger partial charge in [0.2, 0.25) is 0 Å². The van der Waals surface area contributed by atoms with Crippen molar-refractivity contribution in [3.63, 3.8) is 0 Å². The van der Waals surface area contributed by atoms with E-state index in [1.807, 2.05) is 18.2 Å². The van der Waals surface area contributed by atoms with E-state index in [9.17, 15) is 0 Å². The molecule has 0 unspecified atom stereocenters. The lowest BCUT2D eigenvalue weighted by atomic mass is 9.39. The summed E-state index contributed by atoms with van der Waals surface area (Å²) in [5, 5.41) is 1.02. The van der Waals surface area contributed by atoms with Crippen molar-refractivity contribution in [3.8, 4) is 10.6 Å². The van der Waals surface area contributed by atoms with Crippen molar-refractivity contribution in [2.45, 2.75) is 30.2 Å². The third-order valence-corrected chi connectivity index (χ3v) is 4.76. The van der Waals surface area contributed by atoms with Crippen LogP contribution < -0.4 is 5.73 Å². The molecule has 2 bridgehead atoms. The van der Waals surface area contributed by atoms with Gasteiger partial charge in [-0.15, -0.1) is 0 Å². The third-order valence-electron chi connectivity index (χ3n) is 3.99. The first-order chi connectivity index (χ1) is 8.19. The third kappa shape index (κ3) is 1.25. The molecule has 17 heavy (non-hydrogen) atoms. The van der Waals surface area contributed by atoms with Crippen molar-refractivity contribution in [1.29, 1.82) is 0 Å².